The van der Waals surface area contributed by atoms with Crippen molar-refractivity contribution in [1.29, 1.82) is 0 Å². The molecule has 0 radical (unpaired) electrons. The third-order valence-electron chi connectivity index (χ3n) is 3.03. The lowest BCUT2D eigenvalue weighted by atomic mass is 10.1. The first-order chi connectivity index (χ1) is 11.4. The van der Waals surface area contributed by atoms with Crippen LogP contribution >= 0.6 is 0 Å². The van der Waals surface area contributed by atoms with Crippen molar-refractivity contribution in [2.24, 2.45) is 5.73 Å². The highest BCUT2D eigenvalue weighted by Crippen LogP contribution is 2.24. The van der Waals surface area contributed by atoms with Crippen molar-refractivity contribution in [3.63, 3.8) is 0 Å². The summed E-state index contributed by atoms with van der Waals surface area (Å²) in [5, 5.41) is 0. The summed E-state index contributed by atoms with van der Waals surface area (Å²) < 4.78 is 0. The lowest BCUT2D eigenvalue weighted by molar-refractivity contribution is -0.131. The van der Waals surface area contributed by atoms with E-state index in [1.165, 1.54) is 24.3 Å². The third kappa shape index (κ3) is 3.83. The van der Waals surface area contributed by atoms with E-state index in [1.54, 1.807) is 0 Å². The summed E-state index contributed by atoms with van der Waals surface area (Å²) in [6.45, 7) is 0. The van der Waals surface area contributed by atoms with Crippen LogP contribution in [0.15, 0.2) is 36.4 Å². The van der Waals surface area contributed by atoms with Gasteiger partial charge in [0.1, 0.15) is 0 Å². The summed E-state index contributed by atoms with van der Waals surface area (Å²) in [6.07, 6.45) is 1.73. The van der Waals surface area contributed by atoms with Gasteiger partial charge in [-0.3, -0.25) is 19.2 Å². The van der Waals surface area contributed by atoms with Crippen molar-refractivity contribution in [2.45, 2.75) is 12.8 Å². The Morgan fingerprint density at radius 2 is 1.67 bits per heavy atom. The van der Waals surface area contributed by atoms with Crippen LogP contribution in [0.2, 0.25) is 0 Å². The van der Waals surface area contributed by atoms with Gasteiger partial charge in [0.2, 0.25) is 5.91 Å². The molecular weight excluding hydrogens is 318 g/mol. The van der Waals surface area contributed by atoms with E-state index >= 15 is 0 Å². The molecule has 2 rings (SSSR count). The SMILES string of the molecule is NC(=O)CCC(=O)NOC(=O)c1ccccc1N1C(=O)C=CC1=O. The largest absolute Gasteiger partial charge is 0.370 e. The number of carbonyl (C=O) groups is 5. The van der Waals surface area contributed by atoms with Crippen LogP contribution < -0.4 is 16.1 Å². The van der Waals surface area contributed by atoms with Crippen molar-refractivity contribution in [2.75, 3.05) is 4.90 Å². The molecular formula is C15H13N3O6. The van der Waals surface area contributed by atoms with Crippen LogP contribution in [0.4, 0.5) is 5.69 Å². The summed E-state index contributed by atoms with van der Waals surface area (Å²) in [5.41, 5.74) is 6.73. The van der Waals surface area contributed by atoms with Crippen LogP contribution in [0.3, 0.4) is 0 Å². The average Bonchev–Trinajstić information content (AvgIpc) is 2.89. The molecule has 124 valence electrons. The van der Waals surface area contributed by atoms with Gasteiger partial charge in [0.05, 0.1) is 11.3 Å². The number of rotatable bonds is 5. The van der Waals surface area contributed by atoms with Gasteiger partial charge in [-0.15, -0.1) is 0 Å². The standard InChI is InChI=1S/C15H13N3O6/c16-11(19)5-6-12(20)17-24-15(23)9-3-1-2-4-10(9)18-13(21)7-8-14(18)22/h1-4,7-8H,5-6H2,(H2,16,19)(H,17,20). The normalized spacial score (nSPS) is 13.1. The minimum Gasteiger partial charge on any atom is -0.370 e. The van der Waals surface area contributed by atoms with Crippen LogP contribution in [0.1, 0.15) is 23.2 Å². The molecule has 0 aromatic heterocycles. The monoisotopic (exact) mass is 331 g/mol. The molecule has 1 aromatic carbocycles. The molecule has 24 heavy (non-hydrogen) atoms. The van der Waals surface area contributed by atoms with E-state index < -0.39 is 29.6 Å². The van der Waals surface area contributed by atoms with Crippen LogP contribution in [0.5, 0.6) is 0 Å². The third-order valence-corrected chi connectivity index (χ3v) is 3.03. The van der Waals surface area contributed by atoms with Crippen LogP contribution in [0, 0.1) is 0 Å². The van der Waals surface area contributed by atoms with Crippen LogP contribution in [-0.4, -0.2) is 29.6 Å². The second-order valence-corrected chi connectivity index (χ2v) is 4.74. The number of nitrogens with two attached hydrogens (primary N) is 1. The molecule has 1 aromatic rings. The number of nitrogens with one attached hydrogen (secondary N) is 1. The Bertz CT molecular complexity index is 737. The number of benzene rings is 1. The van der Waals surface area contributed by atoms with Crippen molar-refractivity contribution < 1.29 is 28.8 Å². The van der Waals surface area contributed by atoms with E-state index in [4.69, 9.17) is 5.73 Å². The Balaban J connectivity index is 2.08. The zero-order chi connectivity index (χ0) is 17.7. The van der Waals surface area contributed by atoms with Crippen molar-refractivity contribution in [3.8, 4) is 0 Å². The first kappa shape index (κ1) is 16.9. The van der Waals surface area contributed by atoms with Crippen molar-refractivity contribution in [3.05, 3.63) is 42.0 Å². The molecule has 0 atom stereocenters. The minimum absolute atomic E-state index is 0.0360. The predicted octanol–water partition coefficient (Wildman–Crippen LogP) is -0.431. The Labute approximate surface area is 136 Å². The summed E-state index contributed by atoms with van der Waals surface area (Å²) >= 11 is 0. The summed E-state index contributed by atoms with van der Waals surface area (Å²) in [6, 6.07) is 5.78. The topological polar surface area (TPSA) is 136 Å². The molecule has 0 unspecified atom stereocenters. The number of primary amides is 1. The molecule has 0 spiro atoms. The van der Waals surface area contributed by atoms with E-state index in [1.807, 2.05) is 5.48 Å². The summed E-state index contributed by atoms with van der Waals surface area (Å²) in [4.78, 5) is 63.0. The number of hydrogen-bond donors (Lipinski definition) is 2. The first-order valence-electron chi connectivity index (χ1n) is 6.83. The van der Waals surface area contributed by atoms with Crippen LogP contribution in [0.25, 0.3) is 0 Å². The number of anilines is 1. The molecule has 4 amide bonds. The average molecular weight is 331 g/mol. The Hall–Kier alpha value is -3.49. The maximum Gasteiger partial charge on any atom is 0.365 e. The van der Waals surface area contributed by atoms with E-state index in [2.05, 4.69) is 4.84 Å². The molecule has 3 N–H and O–H groups in total. The molecule has 0 aliphatic carbocycles. The van der Waals surface area contributed by atoms with Gasteiger partial charge in [0, 0.05) is 25.0 Å². The number of amides is 4. The van der Waals surface area contributed by atoms with Gasteiger partial charge in [-0.1, -0.05) is 12.1 Å². The molecule has 1 heterocycles. The molecule has 0 saturated carbocycles. The fourth-order valence-corrected chi connectivity index (χ4v) is 1.92. The molecule has 0 fully saturated rings. The number of nitrogens with zero attached hydrogens (tertiary/aromatic N) is 1. The second-order valence-electron chi connectivity index (χ2n) is 4.74. The van der Waals surface area contributed by atoms with Gasteiger partial charge in [-0.05, 0) is 12.1 Å². The van der Waals surface area contributed by atoms with Gasteiger partial charge >= 0.3 is 5.97 Å². The fraction of sp³-hybridized carbons (Fsp3) is 0.133. The van der Waals surface area contributed by atoms with E-state index in [0.29, 0.717) is 0 Å². The maximum atomic E-state index is 12.1. The lowest BCUT2D eigenvalue weighted by Crippen LogP contribution is -2.33. The van der Waals surface area contributed by atoms with E-state index in [-0.39, 0.29) is 24.1 Å². The number of para-hydroxylation sites is 1. The zero-order valence-electron chi connectivity index (χ0n) is 12.4. The smallest absolute Gasteiger partial charge is 0.365 e. The van der Waals surface area contributed by atoms with E-state index in [9.17, 15) is 24.0 Å². The van der Waals surface area contributed by atoms with Gasteiger partial charge in [0.25, 0.3) is 17.7 Å². The molecule has 1 aliphatic heterocycles. The van der Waals surface area contributed by atoms with Crippen molar-refractivity contribution in [1.82, 2.24) is 5.48 Å². The maximum absolute atomic E-state index is 12.1. The lowest BCUT2D eigenvalue weighted by Gasteiger charge is -2.17. The Morgan fingerprint density at radius 3 is 2.29 bits per heavy atom. The Morgan fingerprint density at radius 1 is 1.04 bits per heavy atom. The van der Waals surface area contributed by atoms with Crippen molar-refractivity contribution >= 4 is 35.3 Å². The van der Waals surface area contributed by atoms with Gasteiger partial charge < -0.3 is 10.6 Å². The molecule has 9 heteroatoms. The number of carbonyl (C=O) groups excluding carboxylic acids is 5. The fourth-order valence-electron chi connectivity index (χ4n) is 1.92. The predicted molar refractivity (Wildman–Crippen MR) is 80.1 cm³/mol. The quantitative estimate of drug-likeness (QED) is 0.555. The Kier molecular flexibility index (Phi) is 5.05. The highest BCUT2D eigenvalue weighted by molar-refractivity contribution is 6.29. The zero-order valence-corrected chi connectivity index (χ0v) is 12.4. The highest BCUT2D eigenvalue weighted by Gasteiger charge is 2.29. The van der Waals surface area contributed by atoms with E-state index in [0.717, 1.165) is 17.1 Å². The van der Waals surface area contributed by atoms with Crippen LogP contribution in [-0.2, 0) is 24.0 Å². The van der Waals surface area contributed by atoms with Gasteiger partial charge in [-0.25, -0.2) is 9.69 Å². The molecule has 0 saturated heterocycles. The van der Waals surface area contributed by atoms with Gasteiger partial charge in [-0.2, -0.15) is 5.48 Å². The summed E-state index contributed by atoms with van der Waals surface area (Å²) in [7, 11) is 0. The molecule has 1 aliphatic rings. The minimum atomic E-state index is -0.967. The highest BCUT2D eigenvalue weighted by atomic mass is 16.7. The number of imide groups is 1. The first-order valence-corrected chi connectivity index (χ1v) is 6.83. The number of hydrogen-bond acceptors (Lipinski definition) is 6. The molecule has 0 bridgehead atoms. The summed E-state index contributed by atoms with van der Waals surface area (Å²) in [5.74, 6) is -3.53. The second kappa shape index (κ2) is 7.18. The molecule has 9 nitrogen and oxygen atoms in total. The number of hydroxylamine groups is 1. The van der Waals surface area contributed by atoms with Gasteiger partial charge in [0.15, 0.2) is 0 Å².